The van der Waals surface area contributed by atoms with Crippen molar-refractivity contribution in [1.82, 2.24) is 9.88 Å². The SMILES string of the molecule is O=C1N(c2ccc3c(c2)OCO3)CC12CCN(Cc1nccs1)CC2. The number of likely N-dealkylation sites (tertiary alicyclic amines) is 1. The molecule has 3 aliphatic rings. The Morgan fingerprint density at radius 2 is 2.04 bits per heavy atom. The fraction of sp³-hybridized carbons (Fsp3) is 0.444. The van der Waals surface area contributed by atoms with Crippen LogP contribution in [0.1, 0.15) is 17.8 Å². The van der Waals surface area contributed by atoms with Crippen LogP contribution in [0.15, 0.2) is 29.8 Å². The summed E-state index contributed by atoms with van der Waals surface area (Å²) < 4.78 is 10.8. The summed E-state index contributed by atoms with van der Waals surface area (Å²) in [4.78, 5) is 21.5. The van der Waals surface area contributed by atoms with Crippen LogP contribution >= 0.6 is 11.3 Å². The van der Waals surface area contributed by atoms with Gasteiger partial charge in [0.05, 0.1) is 12.0 Å². The predicted molar refractivity (Wildman–Crippen MR) is 94.0 cm³/mol. The molecule has 130 valence electrons. The van der Waals surface area contributed by atoms with Gasteiger partial charge in [-0.25, -0.2) is 4.98 Å². The Morgan fingerprint density at radius 3 is 2.80 bits per heavy atom. The summed E-state index contributed by atoms with van der Waals surface area (Å²) in [5.74, 6) is 1.73. The van der Waals surface area contributed by atoms with Gasteiger partial charge in [-0.05, 0) is 38.1 Å². The Kier molecular flexibility index (Phi) is 3.46. The average molecular weight is 357 g/mol. The zero-order valence-corrected chi connectivity index (χ0v) is 14.6. The Morgan fingerprint density at radius 1 is 1.20 bits per heavy atom. The van der Waals surface area contributed by atoms with Crippen molar-refractivity contribution in [2.45, 2.75) is 19.4 Å². The van der Waals surface area contributed by atoms with Crippen LogP contribution in [-0.4, -0.2) is 42.2 Å². The molecule has 2 fully saturated rings. The van der Waals surface area contributed by atoms with Gasteiger partial charge in [-0.3, -0.25) is 9.69 Å². The fourth-order valence-electron chi connectivity index (χ4n) is 3.93. The van der Waals surface area contributed by atoms with Crippen molar-refractivity contribution in [2.75, 3.05) is 31.3 Å². The Balaban J connectivity index is 1.23. The minimum atomic E-state index is -0.171. The van der Waals surface area contributed by atoms with E-state index >= 15 is 0 Å². The van der Waals surface area contributed by atoms with Gasteiger partial charge in [-0.2, -0.15) is 0 Å². The number of piperidine rings is 1. The number of β-lactam (4-membered cyclic amide) rings is 1. The molecule has 2 saturated heterocycles. The van der Waals surface area contributed by atoms with E-state index in [2.05, 4.69) is 9.88 Å². The number of benzene rings is 1. The molecule has 1 spiro atoms. The lowest BCUT2D eigenvalue weighted by atomic mass is 9.71. The van der Waals surface area contributed by atoms with Gasteiger partial charge in [0.15, 0.2) is 11.5 Å². The molecule has 5 rings (SSSR count). The number of nitrogens with zero attached hydrogens (tertiary/aromatic N) is 3. The first-order valence-corrected chi connectivity index (χ1v) is 9.44. The van der Waals surface area contributed by atoms with Crippen molar-refractivity contribution in [3.05, 3.63) is 34.8 Å². The van der Waals surface area contributed by atoms with Crippen LogP contribution in [0.4, 0.5) is 5.69 Å². The maximum Gasteiger partial charge on any atom is 0.235 e. The zero-order chi connectivity index (χ0) is 16.9. The lowest BCUT2D eigenvalue weighted by molar-refractivity contribution is -0.138. The first kappa shape index (κ1) is 15.2. The number of fused-ring (bicyclic) bond motifs is 1. The highest BCUT2D eigenvalue weighted by molar-refractivity contribution is 7.09. The molecule has 1 aromatic heterocycles. The summed E-state index contributed by atoms with van der Waals surface area (Å²) in [6, 6.07) is 5.73. The van der Waals surface area contributed by atoms with Crippen LogP contribution in [0.3, 0.4) is 0 Å². The molecule has 1 aromatic carbocycles. The highest BCUT2D eigenvalue weighted by atomic mass is 32.1. The van der Waals surface area contributed by atoms with Gasteiger partial charge in [-0.15, -0.1) is 11.3 Å². The van der Waals surface area contributed by atoms with Crippen LogP contribution in [-0.2, 0) is 11.3 Å². The van der Waals surface area contributed by atoms with E-state index in [1.807, 2.05) is 34.7 Å². The van der Waals surface area contributed by atoms with Crippen molar-refractivity contribution < 1.29 is 14.3 Å². The van der Waals surface area contributed by atoms with Crippen LogP contribution < -0.4 is 14.4 Å². The summed E-state index contributed by atoms with van der Waals surface area (Å²) in [6.45, 7) is 3.87. The highest BCUT2D eigenvalue weighted by Crippen LogP contribution is 2.46. The molecular weight excluding hydrogens is 338 g/mol. The lowest BCUT2D eigenvalue weighted by Gasteiger charge is -2.52. The number of aromatic nitrogens is 1. The number of amides is 1. The summed E-state index contributed by atoms with van der Waals surface area (Å²) in [5.41, 5.74) is 0.737. The van der Waals surface area contributed by atoms with E-state index in [0.717, 1.165) is 61.2 Å². The van der Waals surface area contributed by atoms with Gasteiger partial charge in [-0.1, -0.05) is 0 Å². The number of hydrogen-bond acceptors (Lipinski definition) is 6. The lowest BCUT2D eigenvalue weighted by Crippen LogP contribution is -2.64. The first-order chi connectivity index (χ1) is 12.2. The Bertz CT molecular complexity index is 800. The zero-order valence-electron chi connectivity index (χ0n) is 13.8. The van der Waals surface area contributed by atoms with Crippen molar-refractivity contribution in [3.63, 3.8) is 0 Å². The highest BCUT2D eigenvalue weighted by Gasteiger charge is 2.53. The molecule has 25 heavy (non-hydrogen) atoms. The quantitative estimate of drug-likeness (QED) is 0.790. The topological polar surface area (TPSA) is 54.9 Å². The number of rotatable bonds is 3. The molecule has 0 unspecified atom stereocenters. The van der Waals surface area contributed by atoms with Gasteiger partial charge in [0.1, 0.15) is 5.01 Å². The van der Waals surface area contributed by atoms with Crippen LogP contribution in [0.25, 0.3) is 0 Å². The number of carbonyl (C=O) groups excluding carboxylic acids is 1. The van der Waals surface area contributed by atoms with E-state index in [-0.39, 0.29) is 18.1 Å². The molecule has 2 aromatic rings. The first-order valence-electron chi connectivity index (χ1n) is 8.56. The molecule has 1 amide bonds. The predicted octanol–water partition coefficient (Wildman–Crippen LogP) is 2.50. The molecule has 0 saturated carbocycles. The van der Waals surface area contributed by atoms with Crippen molar-refractivity contribution >= 4 is 22.9 Å². The fourth-order valence-corrected chi connectivity index (χ4v) is 4.59. The Hall–Kier alpha value is -2.12. The second-order valence-corrected chi connectivity index (χ2v) is 7.89. The largest absolute Gasteiger partial charge is 0.454 e. The molecule has 0 atom stereocenters. The average Bonchev–Trinajstić information content (AvgIpc) is 3.31. The summed E-state index contributed by atoms with van der Waals surface area (Å²) in [5, 5.41) is 3.16. The van der Waals surface area contributed by atoms with E-state index < -0.39 is 0 Å². The standard InChI is InChI=1S/C18H19N3O3S/c22-17-18(3-6-20(7-4-18)10-16-19-5-8-25-16)11-21(17)13-1-2-14-15(9-13)24-12-23-14/h1-2,5,8-9H,3-4,6-7,10-12H2. The number of ether oxygens (including phenoxy) is 2. The molecule has 0 aliphatic carbocycles. The third-order valence-electron chi connectivity index (χ3n) is 5.48. The Labute approximate surface area is 150 Å². The van der Waals surface area contributed by atoms with Crippen molar-refractivity contribution in [1.29, 1.82) is 0 Å². The molecule has 6 nitrogen and oxygen atoms in total. The normalized spacial score (nSPS) is 21.6. The second-order valence-electron chi connectivity index (χ2n) is 6.91. The smallest absolute Gasteiger partial charge is 0.235 e. The molecule has 3 aliphatic heterocycles. The molecule has 0 N–H and O–H groups in total. The third kappa shape index (κ3) is 2.49. The van der Waals surface area contributed by atoms with E-state index in [0.29, 0.717) is 0 Å². The van der Waals surface area contributed by atoms with E-state index in [1.54, 1.807) is 11.3 Å². The van der Waals surface area contributed by atoms with Gasteiger partial charge >= 0.3 is 0 Å². The summed E-state index contributed by atoms with van der Waals surface area (Å²) in [7, 11) is 0. The van der Waals surface area contributed by atoms with Crippen molar-refractivity contribution in [3.8, 4) is 11.5 Å². The number of anilines is 1. The van der Waals surface area contributed by atoms with Gasteiger partial charge in [0, 0.05) is 29.9 Å². The molecule has 0 radical (unpaired) electrons. The number of carbonyl (C=O) groups is 1. The van der Waals surface area contributed by atoms with E-state index in [9.17, 15) is 4.79 Å². The van der Waals surface area contributed by atoms with Gasteiger partial charge in [0.2, 0.25) is 12.7 Å². The monoisotopic (exact) mass is 357 g/mol. The van der Waals surface area contributed by atoms with E-state index in [1.165, 1.54) is 0 Å². The van der Waals surface area contributed by atoms with Crippen LogP contribution in [0, 0.1) is 5.41 Å². The third-order valence-corrected chi connectivity index (χ3v) is 6.25. The van der Waals surface area contributed by atoms with Crippen LogP contribution in [0.2, 0.25) is 0 Å². The maximum absolute atomic E-state index is 12.9. The molecule has 0 bridgehead atoms. The minimum Gasteiger partial charge on any atom is -0.454 e. The summed E-state index contributed by atoms with van der Waals surface area (Å²) >= 11 is 1.69. The number of hydrogen-bond donors (Lipinski definition) is 0. The molecule has 4 heterocycles. The van der Waals surface area contributed by atoms with Gasteiger partial charge < -0.3 is 14.4 Å². The minimum absolute atomic E-state index is 0.171. The van der Waals surface area contributed by atoms with Gasteiger partial charge in [0.25, 0.3) is 0 Å². The maximum atomic E-state index is 12.9. The number of thiazole rings is 1. The van der Waals surface area contributed by atoms with Crippen molar-refractivity contribution in [2.24, 2.45) is 5.41 Å². The van der Waals surface area contributed by atoms with Crippen LogP contribution in [0.5, 0.6) is 11.5 Å². The molecular formula is C18H19N3O3S. The van der Waals surface area contributed by atoms with E-state index in [4.69, 9.17) is 9.47 Å². The molecule has 7 heteroatoms. The summed E-state index contributed by atoms with van der Waals surface area (Å²) in [6.07, 6.45) is 3.71. The second kappa shape index (κ2) is 5.71.